The highest BCUT2D eigenvalue weighted by Gasteiger charge is 2.11. The summed E-state index contributed by atoms with van der Waals surface area (Å²) in [5, 5.41) is 9.99. The van der Waals surface area contributed by atoms with Crippen LogP contribution in [-0.4, -0.2) is 23.3 Å². The third-order valence-corrected chi connectivity index (χ3v) is 5.53. The molecule has 0 saturated heterocycles. The van der Waals surface area contributed by atoms with Gasteiger partial charge in [-0.1, -0.05) is 72.3 Å². The summed E-state index contributed by atoms with van der Waals surface area (Å²) in [4.78, 5) is 29.0. The van der Waals surface area contributed by atoms with Crippen LogP contribution in [0.3, 0.4) is 0 Å². The SMILES string of the molecule is Cc1ccc(-c2csc(NC(=O)CNC(=O)Cc3cccc4ccccc34)n2)cc1. The van der Waals surface area contributed by atoms with Crippen LogP contribution >= 0.6 is 11.3 Å². The molecule has 0 radical (unpaired) electrons. The lowest BCUT2D eigenvalue weighted by Crippen LogP contribution is -2.33. The van der Waals surface area contributed by atoms with Crippen molar-refractivity contribution in [3.63, 3.8) is 0 Å². The molecule has 0 unspecified atom stereocenters. The molecule has 2 N–H and O–H groups in total. The van der Waals surface area contributed by atoms with E-state index in [1.165, 1.54) is 16.9 Å². The molecule has 150 valence electrons. The van der Waals surface area contributed by atoms with Crippen LogP contribution in [-0.2, 0) is 16.0 Å². The van der Waals surface area contributed by atoms with Crippen LogP contribution in [0.1, 0.15) is 11.1 Å². The molecule has 1 aromatic heterocycles. The average Bonchev–Trinajstić information content (AvgIpc) is 3.21. The van der Waals surface area contributed by atoms with E-state index in [4.69, 9.17) is 0 Å². The Morgan fingerprint density at radius 3 is 2.53 bits per heavy atom. The fraction of sp³-hybridized carbons (Fsp3) is 0.125. The minimum absolute atomic E-state index is 0.0942. The van der Waals surface area contributed by atoms with Gasteiger partial charge in [0.15, 0.2) is 5.13 Å². The molecule has 0 fully saturated rings. The molecule has 4 aromatic rings. The molecule has 4 rings (SSSR count). The molecule has 5 nitrogen and oxygen atoms in total. The van der Waals surface area contributed by atoms with Crippen LogP contribution in [0.25, 0.3) is 22.0 Å². The first-order valence-electron chi connectivity index (χ1n) is 9.64. The van der Waals surface area contributed by atoms with E-state index in [1.807, 2.05) is 79.0 Å². The molecule has 3 aromatic carbocycles. The topological polar surface area (TPSA) is 71.1 Å². The van der Waals surface area contributed by atoms with Gasteiger partial charge in [-0.3, -0.25) is 9.59 Å². The van der Waals surface area contributed by atoms with Crippen LogP contribution in [0.15, 0.2) is 72.1 Å². The molecular weight excluding hydrogens is 394 g/mol. The number of nitrogens with zero attached hydrogens (tertiary/aromatic N) is 1. The normalized spacial score (nSPS) is 10.7. The van der Waals surface area contributed by atoms with E-state index in [-0.39, 0.29) is 24.8 Å². The molecule has 0 spiro atoms. The van der Waals surface area contributed by atoms with Crippen LogP contribution in [0.4, 0.5) is 5.13 Å². The molecule has 0 aliphatic rings. The molecule has 2 amide bonds. The zero-order valence-corrected chi connectivity index (χ0v) is 17.3. The Labute approximate surface area is 178 Å². The number of rotatable bonds is 6. The predicted octanol–water partition coefficient (Wildman–Crippen LogP) is 4.57. The maximum Gasteiger partial charge on any atom is 0.245 e. The summed E-state index contributed by atoms with van der Waals surface area (Å²) in [6, 6.07) is 21.9. The second kappa shape index (κ2) is 8.88. The van der Waals surface area contributed by atoms with E-state index in [0.29, 0.717) is 5.13 Å². The number of anilines is 1. The lowest BCUT2D eigenvalue weighted by molar-refractivity contribution is -0.123. The largest absolute Gasteiger partial charge is 0.347 e. The minimum Gasteiger partial charge on any atom is -0.347 e. The number of nitrogens with one attached hydrogen (secondary N) is 2. The highest BCUT2D eigenvalue weighted by atomic mass is 32.1. The van der Waals surface area contributed by atoms with Crippen molar-refractivity contribution >= 4 is 39.1 Å². The van der Waals surface area contributed by atoms with Gasteiger partial charge in [0.1, 0.15) is 0 Å². The predicted molar refractivity (Wildman–Crippen MR) is 122 cm³/mol. The maximum atomic E-state index is 12.3. The highest BCUT2D eigenvalue weighted by molar-refractivity contribution is 7.14. The summed E-state index contributed by atoms with van der Waals surface area (Å²) in [5.74, 6) is -0.493. The van der Waals surface area contributed by atoms with Gasteiger partial charge in [0, 0.05) is 10.9 Å². The number of hydrogen-bond donors (Lipinski definition) is 2. The first kappa shape index (κ1) is 19.8. The van der Waals surface area contributed by atoms with Crippen LogP contribution in [0.5, 0.6) is 0 Å². The summed E-state index contributed by atoms with van der Waals surface area (Å²) in [5.41, 5.74) is 3.94. The van der Waals surface area contributed by atoms with Crippen molar-refractivity contribution < 1.29 is 9.59 Å². The zero-order chi connectivity index (χ0) is 20.9. The van der Waals surface area contributed by atoms with E-state index in [9.17, 15) is 9.59 Å². The van der Waals surface area contributed by atoms with E-state index in [2.05, 4.69) is 15.6 Å². The van der Waals surface area contributed by atoms with Gasteiger partial charge in [-0.25, -0.2) is 4.98 Å². The van der Waals surface area contributed by atoms with Crippen molar-refractivity contribution in [1.29, 1.82) is 0 Å². The molecular formula is C24H21N3O2S. The second-order valence-electron chi connectivity index (χ2n) is 7.04. The molecule has 0 aliphatic carbocycles. The number of thiazole rings is 1. The molecule has 0 bridgehead atoms. The smallest absolute Gasteiger partial charge is 0.245 e. The number of aromatic nitrogens is 1. The van der Waals surface area contributed by atoms with Gasteiger partial charge >= 0.3 is 0 Å². The molecule has 0 atom stereocenters. The van der Waals surface area contributed by atoms with Crippen LogP contribution < -0.4 is 10.6 Å². The Kier molecular flexibility index (Phi) is 5.86. The van der Waals surface area contributed by atoms with E-state index >= 15 is 0 Å². The molecule has 0 aliphatic heterocycles. The quantitative estimate of drug-likeness (QED) is 0.485. The fourth-order valence-electron chi connectivity index (χ4n) is 3.21. The summed E-state index contributed by atoms with van der Waals surface area (Å²) in [7, 11) is 0. The lowest BCUT2D eigenvalue weighted by atomic mass is 10.0. The van der Waals surface area contributed by atoms with E-state index < -0.39 is 0 Å². The number of carbonyl (C=O) groups excluding carboxylic acids is 2. The highest BCUT2D eigenvalue weighted by Crippen LogP contribution is 2.25. The van der Waals surface area contributed by atoms with E-state index in [0.717, 1.165) is 27.6 Å². The number of hydrogen-bond acceptors (Lipinski definition) is 4. The monoisotopic (exact) mass is 415 g/mol. The van der Waals surface area contributed by atoms with Crippen molar-refractivity contribution in [2.75, 3.05) is 11.9 Å². The van der Waals surface area contributed by atoms with Gasteiger partial charge in [-0.05, 0) is 23.3 Å². The minimum atomic E-state index is -0.300. The third-order valence-electron chi connectivity index (χ3n) is 4.77. The average molecular weight is 416 g/mol. The summed E-state index contributed by atoms with van der Waals surface area (Å²) < 4.78 is 0. The zero-order valence-electron chi connectivity index (χ0n) is 16.5. The van der Waals surface area contributed by atoms with Crippen molar-refractivity contribution in [3.8, 4) is 11.3 Å². The van der Waals surface area contributed by atoms with Gasteiger partial charge < -0.3 is 10.6 Å². The Balaban J connectivity index is 1.31. The third kappa shape index (κ3) is 4.72. The van der Waals surface area contributed by atoms with Gasteiger partial charge in [-0.15, -0.1) is 11.3 Å². The fourth-order valence-corrected chi connectivity index (χ4v) is 3.95. The summed E-state index contributed by atoms with van der Waals surface area (Å²) in [6.07, 6.45) is 0.226. The Morgan fingerprint density at radius 2 is 1.70 bits per heavy atom. The lowest BCUT2D eigenvalue weighted by Gasteiger charge is -2.08. The maximum absolute atomic E-state index is 12.3. The molecule has 6 heteroatoms. The second-order valence-corrected chi connectivity index (χ2v) is 7.90. The summed E-state index contributed by atoms with van der Waals surface area (Å²) in [6.45, 7) is 1.94. The van der Waals surface area contributed by atoms with Crippen molar-refractivity contribution in [2.24, 2.45) is 0 Å². The number of fused-ring (bicyclic) bond motifs is 1. The van der Waals surface area contributed by atoms with Crippen molar-refractivity contribution in [1.82, 2.24) is 10.3 Å². The molecule has 0 saturated carbocycles. The van der Waals surface area contributed by atoms with Crippen molar-refractivity contribution in [2.45, 2.75) is 13.3 Å². The standard InChI is InChI=1S/C24H21N3O2S/c1-16-9-11-18(12-10-16)21-15-30-24(26-21)27-23(29)14-25-22(28)13-19-7-4-6-17-5-2-3-8-20(17)19/h2-12,15H,13-14H2,1H3,(H,25,28)(H,26,27,29). The molecule has 1 heterocycles. The first-order chi connectivity index (χ1) is 14.6. The number of benzene rings is 3. The Hall–Kier alpha value is -3.51. The Morgan fingerprint density at radius 1 is 0.933 bits per heavy atom. The number of carbonyl (C=O) groups is 2. The van der Waals surface area contributed by atoms with Gasteiger partial charge in [0.2, 0.25) is 11.8 Å². The van der Waals surface area contributed by atoms with Crippen LogP contribution in [0.2, 0.25) is 0 Å². The number of aryl methyl sites for hydroxylation is 1. The van der Waals surface area contributed by atoms with Gasteiger partial charge in [-0.2, -0.15) is 0 Å². The molecule has 30 heavy (non-hydrogen) atoms. The van der Waals surface area contributed by atoms with Gasteiger partial charge in [0.05, 0.1) is 18.7 Å². The van der Waals surface area contributed by atoms with Crippen molar-refractivity contribution in [3.05, 3.63) is 83.2 Å². The summed E-state index contributed by atoms with van der Waals surface area (Å²) >= 11 is 1.36. The Bertz CT molecular complexity index is 1190. The van der Waals surface area contributed by atoms with E-state index in [1.54, 1.807) is 0 Å². The van der Waals surface area contributed by atoms with Gasteiger partial charge in [0.25, 0.3) is 0 Å². The van der Waals surface area contributed by atoms with Crippen LogP contribution in [0, 0.1) is 6.92 Å². The number of amides is 2. The first-order valence-corrected chi connectivity index (χ1v) is 10.5.